The number of hydrogen-bond acceptors (Lipinski definition) is 1. The van der Waals surface area contributed by atoms with E-state index in [0.29, 0.717) is 10.8 Å². The quantitative estimate of drug-likeness (QED) is 0.670. The Morgan fingerprint density at radius 3 is 1.57 bits per heavy atom. The van der Waals surface area contributed by atoms with Gasteiger partial charge in [-0.1, -0.05) is 41.5 Å². The van der Waals surface area contributed by atoms with E-state index in [1.165, 1.54) is 13.0 Å². The number of rotatable bonds is 3. The molecule has 0 rings (SSSR count). The molecule has 0 bridgehead atoms. The zero-order valence-corrected chi connectivity index (χ0v) is 11.4. The van der Waals surface area contributed by atoms with Gasteiger partial charge < -0.3 is 4.90 Å². The Kier molecular flexibility index (Phi) is 4.64. The molecule has 0 unspecified atom stereocenters. The first-order chi connectivity index (χ1) is 6.02. The van der Waals surface area contributed by atoms with Crippen LogP contribution in [0.25, 0.3) is 0 Å². The van der Waals surface area contributed by atoms with Crippen molar-refractivity contribution in [2.24, 2.45) is 16.7 Å². The molecular weight excluding hydrogens is 170 g/mol. The van der Waals surface area contributed by atoms with E-state index in [2.05, 4.69) is 60.5 Å². The fourth-order valence-corrected chi connectivity index (χ4v) is 1.82. The highest BCUT2D eigenvalue weighted by atomic mass is 15.1. The van der Waals surface area contributed by atoms with E-state index in [1.54, 1.807) is 0 Å². The average molecular weight is 199 g/mol. The summed E-state index contributed by atoms with van der Waals surface area (Å²) in [5, 5.41) is 0. The van der Waals surface area contributed by atoms with Crippen LogP contribution in [0.15, 0.2) is 0 Å². The van der Waals surface area contributed by atoms with Crippen molar-refractivity contribution in [3.05, 3.63) is 0 Å². The summed E-state index contributed by atoms with van der Waals surface area (Å²) in [6.07, 6.45) is 1.30. The molecule has 1 heteroatoms. The lowest BCUT2D eigenvalue weighted by molar-refractivity contribution is 0.130. The molecule has 0 aromatic carbocycles. The van der Waals surface area contributed by atoms with Crippen LogP contribution in [0.3, 0.4) is 0 Å². The summed E-state index contributed by atoms with van der Waals surface area (Å²) in [6, 6.07) is 0. The standard InChI is InChI=1S/C13H29N/c1-12(2,3)9-11(10-14(7)8)13(4,5)6/h11H,9-10H2,1-8H3/t11-/m1/s1. The van der Waals surface area contributed by atoms with Crippen molar-refractivity contribution in [1.29, 1.82) is 0 Å². The molecule has 0 aliphatic rings. The van der Waals surface area contributed by atoms with Gasteiger partial charge in [0, 0.05) is 6.54 Å². The van der Waals surface area contributed by atoms with Crippen molar-refractivity contribution in [1.82, 2.24) is 4.90 Å². The number of nitrogens with zero attached hydrogens (tertiary/aromatic N) is 1. The van der Waals surface area contributed by atoms with E-state index in [0.717, 1.165) is 5.92 Å². The van der Waals surface area contributed by atoms with Crippen molar-refractivity contribution in [2.75, 3.05) is 20.6 Å². The van der Waals surface area contributed by atoms with E-state index in [9.17, 15) is 0 Å². The third kappa shape index (κ3) is 6.42. The van der Waals surface area contributed by atoms with Crippen LogP contribution in [0.4, 0.5) is 0 Å². The van der Waals surface area contributed by atoms with Crippen LogP contribution < -0.4 is 0 Å². The van der Waals surface area contributed by atoms with Crippen molar-refractivity contribution >= 4 is 0 Å². The highest BCUT2D eigenvalue weighted by molar-refractivity contribution is 4.80. The van der Waals surface area contributed by atoms with Crippen LogP contribution >= 0.6 is 0 Å². The topological polar surface area (TPSA) is 3.24 Å². The molecule has 0 fully saturated rings. The molecule has 1 nitrogen and oxygen atoms in total. The summed E-state index contributed by atoms with van der Waals surface area (Å²) in [5.41, 5.74) is 0.853. The van der Waals surface area contributed by atoms with Gasteiger partial charge in [0.25, 0.3) is 0 Å². The van der Waals surface area contributed by atoms with Crippen LogP contribution in [0.2, 0.25) is 0 Å². The van der Waals surface area contributed by atoms with E-state index in [4.69, 9.17) is 0 Å². The first-order valence-corrected chi connectivity index (χ1v) is 5.67. The van der Waals surface area contributed by atoms with Gasteiger partial charge in [0.05, 0.1) is 0 Å². The molecule has 14 heavy (non-hydrogen) atoms. The van der Waals surface area contributed by atoms with Gasteiger partial charge in [0.15, 0.2) is 0 Å². The molecule has 0 spiro atoms. The van der Waals surface area contributed by atoms with E-state index in [-0.39, 0.29) is 0 Å². The van der Waals surface area contributed by atoms with Gasteiger partial charge in [0.1, 0.15) is 0 Å². The maximum absolute atomic E-state index is 2.35. The first kappa shape index (κ1) is 14.0. The molecule has 0 aliphatic carbocycles. The molecular formula is C13H29N. The van der Waals surface area contributed by atoms with Gasteiger partial charge >= 0.3 is 0 Å². The fraction of sp³-hybridized carbons (Fsp3) is 1.00. The van der Waals surface area contributed by atoms with Crippen LogP contribution in [-0.4, -0.2) is 25.5 Å². The van der Waals surface area contributed by atoms with E-state index in [1.807, 2.05) is 0 Å². The summed E-state index contributed by atoms with van der Waals surface area (Å²) < 4.78 is 0. The van der Waals surface area contributed by atoms with Crippen molar-refractivity contribution in [3.8, 4) is 0 Å². The molecule has 0 N–H and O–H groups in total. The molecule has 0 radical (unpaired) electrons. The maximum Gasteiger partial charge on any atom is 0.000876 e. The van der Waals surface area contributed by atoms with Crippen molar-refractivity contribution < 1.29 is 0 Å². The Morgan fingerprint density at radius 2 is 1.36 bits per heavy atom. The van der Waals surface area contributed by atoms with Gasteiger partial charge in [-0.3, -0.25) is 0 Å². The second kappa shape index (κ2) is 4.65. The van der Waals surface area contributed by atoms with Gasteiger partial charge in [0.2, 0.25) is 0 Å². The Labute approximate surface area is 90.9 Å². The highest BCUT2D eigenvalue weighted by Crippen LogP contribution is 2.36. The minimum atomic E-state index is 0.414. The maximum atomic E-state index is 2.35. The summed E-state index contributed by atoms with van der Waals surface area (Å²) in [4.78, 5) is 2.31. The lowest BCUT2D eigenvalue weighted by atomic mass is 9.72. The zero-order valence-electron chi connectivity index (χ0n) is 11.4. The smallest absolute Gasteiger partial charge is 0.000876 e. The van der Waals surface area contributed by atoms with Crippen LogP contribution in [0.5, 0.6) is 0 Å². The molecule has 0 aliphatic heterocycles. The van der Waals surface area contributed by atoms with Crippen LogP contribution in [0.1, 0.15) is 48.0 Å². The summed E-state index contributed by atoms with van der Waals surface area (Å²) >= 11 is 0. The SMILES string of the molecule is CN(C)C[C@@H](CC(C)(C)C)C(C)(C)C. The number of hydrogen-bond donors (Lipinski definition) is 0. The van der Waals surface area contributed by atoms with Crippen LogP contribution in [0, 0.1) is 16.7 Å². The lowest BCUT2D eigenvalue weighted by Gasteiger charge is -2.37. The van der Waals surface area contributed by atoms with Gasteiger partial charge in [-0.15, -0.1) is 0 Å². The summed E-state index contributed by atoms with van der Waals surface area (Å²) in [6.45, 7) is 15.3. The Bertz CT molecular complexity index is 157. The Hall–Kier alpha value is -0.0400. The average Bonchev–Trinajstić information content (AvgIpc) is 1.78. The zero-order chi connectivity index (χ0) is 11.6. The molecule has 0 heterocycles. The second-order valence-electron chi connectivity index (χ2n) is 7.09. The molecule has 0 amide bonds. The summed E-state index contributed by atoms with van der Waals surface area (Å²) in [7, 11) is 4.34. The van der Waals surface area contributed by atoms with Gasteiger partial charge in [-0.25, -0.2) is 0 Å². The second-order valence-corrected chi connectivity index (χ2v) is 7.09. The molecule has 0 saturated carbocycles. The van der Waals surface area contributed by atoms with Crippen molar-refractivity contribution in [3.63, 3.8) is 0 Å². The van der Waals surface area contributed by atoms with Gasteiger partial charge in [-0.05, 0) is 37.3 Å². The molecule has 1 atom stereocenters. The predicted molar refractivity (Wildman–Crippen MR) is 65.6 cm³/mol. The lowest BCUT2D eigenvalue weighted by Crippen LogP contribution is -2.34. The van der Waals surface area contributed by atoms with Crippen molar-refractivity contribution in [2.45, 2.75) is 48.0 Å². The largest absolute Gasteiger partial charge is 0.309 e. The predicted octanol–water partition coefficient (Wildman–Crippen LogP) is 3.65. The third-order valence-electron chi connectivity index (χ3n) is 2.67. The van der Waals surface area contributed by atoms with Gasteiger partial charge in [-0.2, -0.15) is 0 Å². The summed E-state index contributed by atoms with van der Waals surface area (Å²) in [5.74, 6) is 0.775. The normalized spacial score (nSPS) is 16.1. The molecule has 0 aromatic rings. The first-order valence-electron chi connectivity index (χ1n) is 5.67. The van der Waals surface area contributed by atoms with Crippen LogP contribution in [-0.2, 0) is 0 Å². The highest BCUT2D eigenvalue weighted by Gasteiger charge is 2.29. The fourth-order valence-electron chi connectivity index (χ4n) is 1.82. The minimum absolute atomic E-state index is 0.414. The Morgan fingerprint density at radius 1 is 0.929 bits per heavy atom. The minimum Gasteiger partial charge on any atom is -0.309 e. The third-order valence-corrected chi connectivity index (χ3v) is 2.67. The van der Waals surface area contributed by atoms with E-state index >= 15 is 0 Å². The Balaban J connectivity index is 4.42. The van der Waals surface area contributed by atoms with E-state index < -0.39 is 0 Å². The molecule has 0 saturated heterocycles. The molecule has 0 aromatic heterocycles. The molecule has 86 valence electrons. The monoisotopic (exact) mass is 199 g/mol.